The summed E-state index contributed by atoms with van der Waals surface area (Å²) in [6.07, 6.45) is 0. The fraction of sp³-hybridized carbons (Fsp3) is 0.200. The largest absolute Gasteiger partial charge is 0.280 e. The molecule has 11 heavy (non-hydrogen) atoms. The number of nitrogens with one attached hydrogen (secondary N) is 1. The van der Waals surface area contributed by atoms with Crippen molar-refractivity contribution in [3.05, 3.63) is 22.4 Å². The van der Waals surface area contributed by atoms with Crippen LogP contribution in [0.5, 0.6) is 0 Å². The van der Waals surface area contributed by atoms with Gasteiger partial charge in [-0.15, -0.1) is 11.3 Å². The smallest absolute Gasteiger partial charge is 0.132 e. The van der Waals surface area contributed by atoms with Crippen LogP contribution in [0.25, 0.3) is 0 Å². The van der Waals surface area contributed by atoms with E-state index in [0.717, 1.165) is 0 Å². The van der Waals surface area contributed by atoms with E-state index in [1.54, 1.807) is 11.3 Å². The lowest BCUT2D eigenvalue weighted by Crippen LogP contribution is -2.20. The number of hydrogen-bond acceptors (Lipinski definition) is 2. The minimum Gasteiger partial charge on any atom is -0.280 e. The van der Waals surface area contributed by atoms with E-state index in [4.69, 9.17) is 22.8 Å². The molecule has 0 amide bonds. The maximum atomic E-state index is 5.45. The molecule has 0 saturated carbocycles. The third-order valence-corrected chi connectivity index (χ3v) is 3.00. The summed E-state index contributed by atoms with van der Waals surface area (Å²) in [6, 6.07) is 4.00. The first-order chi connectivity index (χ1) is 5.08. The second-order valence-corrected chi connectivity index (χ2v) is 6.70. The van der Waals surface area contributed by atoms with Crippen LogP contribution in [0.4, 0.5) is 0 Å². The molecule has 0 aliphatic rings. The summed E-state index contributed by atoms with van der Waals surface area (Å²) in [5.41, 5.74) is 10.9. The Hall–Kier alpha value is 0.230. The van der Waals surface area contributed by atoms with Crippen LogP contribution in [0.1, 0.15) is 4.88 Å². The van der Waals surface area contributed by atoms with Gasteiger partial charge in [-0.3, -0.25) is 16.1 Å². The highest BCUT2D eigenvalue weighted by Gasteiger charge is 2.01. The highest BCUT2D eigenvalue weighted by atomic mass is 32.4. The van der Waals surface area contributed by atoms with Crippen LogP contribution in [-0.4, -0.2) is 0 Å². The number of nitrogens with two attached hydrogens (primary N) is 2. The summed E-state index contributed by atoms with van der Waals surface area (Å²) in [6.45, 7) is -1.53. The Morgan fingerprint density at radius 1 is 1.64 bits per heavy atom. The van der Waals surface area contributed by atoms with Gasteiger partial charge in [0.25, 0.3) is 0 Å². The summed E-state index contributed by atoms with van der Waals surface area (Å²) < 4.78 is 0. The summed E-state index contributed by atoms with van der Waals surface area (Å²) in [5, 5.41) is 4.92. The van der Waals surface area contributed by atoms with Crippen molar-refractivity contribution in [2.24, 2.45) is 11.0 Å². The van der Waals surface area contributed by atoms with Crippen LogP contribution in [0.2, 0.25) is 0 Å². The lowest BCUT2D eigenvalue weighted by molar-refractivity contribution is 0.976. The zero-order chi connectivity index (χ0) is 8.32. The van der Waals surface area contributed by atoms with Crippen LogP contribution < -0.4 is 16.1 Å². The Morgan fingerprint density at radius 2 is 2.36 bits per heavy atom. The molecule has 0 radical (unpaired) electrons. The van der Waals surface area contributed by atoms with E-state index in [1.807, 2.05) is 17.5 Å². The van der Waals surface area contributed by atoms with Crippen molar-refractivity contribution in [3.63, 3.8) is 0 Å². The molecule has 0 aliphatic carbocycles. The molecule has 6 heteroatoms. The SMILES string of the molecule is NP(N)(=S)NCc1cccs1. The van der Waals surface area contributed by atoms with E-state index in [9.17, 15) is 0 Å². The molecular formula is C5H10N3PS2. The van der Waals surface area contributed by atoms with Crippen LogP contribution in [-0.2, 0) is 18.4 Å². The van der Waals surface area contributed by atoms with E-state index in [0.29, 0.717) is 6.54 Å². The third-order valence-electron chi connectivity index (χ3n) is 1.08. The Bertz CT molecular complexity index is 253. The van der Waals surface area contributed by atoms with Crippen molar-refractivity contribution in [2.75, 3.05) is 0 Å². The first kappa shape index (κ1) is 9.32. The van der Waals surface area contributed by atoms with Crippen molar-refractivity contribution >= 4 is 29.6 Å². The fourth-order valence-electron chi connectivity index (χ4n) is 0.615. The molecule has 0 atom stereocenters. The quantitative estimate of drug-likeness (QED) is 0.646. The molecule has 0 fully saturated rings. The lowest BCUT2D eigenvalue weighted by Gasteiger charge is -2.10. The standard InChI is InChI=1S/C5H10N3PS2/c6-9(7,10)8-4-5-2-1-3-11-5/h1-3H,4H2,(H5,6,7,8,10). The highest BCUT2D eigenvalue weighted by Crippen LogP contribution is 2.20. The molecule has 0 aromatic carbocycles. The van der Waals surface area contributed by atoms with Gasteiger partial charge >= 0.3 is 0 Å². The zero-order valence-corrected chi connectivity index (χ0v) is 8.38. The topological polar surface area (TPSA) is 64.1 Å². The van der Waals surface area contributed by atoms with Gasteiger partial charge in [0.05, 0.1) is 0 Å². The van der Waals surface area contributed by atoms with Crippen molar-refractivity contribution in [1.82, 2.24) is 5.09 Å². The van der Waals surface area contributed by atoms with E-state index in [-0.39, 0.29) is 0 Å². The molecule has 0 spiro atoms. The molecule has 62 valence electrons. The lowest BCUT2D eigenvalue weighted by atomic mass is 10.5. The van der Waals surface area contributed by atoms with Gasteiger partial charge in [0, 0.05) is 11.4 Å². The van der Waals surface area contributed by atoms with Crippen molar-refractivity contribution in [2.45, 2.75) is 6.54 Å². The molecule has 1 heterocycles. The Labute approximate surface area is 75.0 Å². The van der Waals surface area contributed by atoms with Crippen LogP contribution >= 0.6 is 17.8 Å². The predicted octanol–water partition coefficient (Wildman–Crippen LogP) is 0.980. The van der Waals surface area contributed by atoms with Gasteiger partial charge in [-0.1, -0.05) is 6.07 Å². The van der Waals surface area contributed by atoms with Crippen LogP contribution in [0, 0.1) is 0 Å². The highest BCUT2D eigenvalue weighted by molar-refractivity contribution is 8.11. The fourth-order valence-corrected chi connectivity index (χ4v) is 1.98. The van der Waals surface area contributed by atoms with Crippen molar-refractivity contribution in [1.29, 1.82) is 0 Å². The summed E-state index contributed by atoms with van der Waals surface area (Å²) in [7, 11) is 0. The molecular weight excluding hydrogens is 197 g/mol. The predicted molar refractivity (Wildman–Crippen MR) is 53.8 cm³/mol. The first-order valence-electron chi connectivity index (χ1n) is 3.02. The van der Waals surface area contributed by atoms with Gasteiger partial charge in [0.2, 0.25) is 0 Å². The van der Waals surface area contributed by atoms with E-state index < -0.39 is 6.49 Å². The molecule has 3 nitrogen and oxygen atoms in total. The number of thiophene rings is 1. The van der Waals surface area contributed by atoms with Gasteiger partial charge in [0.15, 0.2) is 0 Å². The van der Waals surface area contributed by atoms with Gasteiger partial charge in [-0.2, -0.15) is 0 Å². The monoisotopic (exact) mass is 207 g/mol. The van der Waals surface area contributed by atoms with E-state index in [1.165, 1.54) is 4.88 Å². The van der Waals surface area contributed by atoms with Crippen molar-refractivity contribution in [3.8, 4) is 0 Å². The maximum absolute atomic E-state index is 5.45. The second-order valence-electron chi connectivity index (χ2n) is 2.12. The second kappa shape index (κ2) is 3.76. The van der Waals surface area contributed by atoms with Crippen LogP contribution in [0.3, 0.4) is 0 Å². The molecule has 0 saturated heterocycles. The molecule has 0 aliphatic heterocycles. The van der Waals surface area contributed by atoms with E-state index in [2.05, 4.69) is 5.09 Å². The van der Waals surface area contributed by atoms with Gasteiger partial charge < -0.3 is 0 Å². The minimum absolute atomic E-state index is 0.682. The van der Waals surface area contributed by atoms with Gasteiger partial charge in [-0.05, 0) is 23.3 Å². The summed E-state index contributed by atoms with van der Waals surface area (Å²) in [4.78, 5) is 1.20. The Balaban J connectivity index is 2.41. The Kier molecular flexibility index (Phi) is 3.18. The molecule has 1 aromatic rings. The first-order valence-corrected chi connectivity index (χ1v) is 6.85. The summed E-state index contributed by atoms with van der Waals surface area (Å²) >= 11 is 6.48. The van der Waals surface area contributed by atoms with Crippen LogP contribution in [0.15, 0.2) is 17.5 Å². The Morgan fingerprint density at radius 3 is 2.82 bits per heavy atom. The normalized spacial score (nSPS) is 11.8. The third kappa shape index (κ3) is 3.96. The minimum atomic E-state index is -2.22. The number of hydrogen-bond donors (Lipinski definition) is 3. The van der Waals surface area contributed by atoms with Crippen molar-refractivity contribution < 1.29 is 0 Å². The molecule has 0 bridgehead atoms. The van der Waals surface area contributed by atoms with Gasteiger partial charge in [-0.25, -0.2) is 0 Å². The number of rotatable bonds is 3. The molecule has 1 aromatic heterocycles. The van der Waals surface area contributed by atoms with Gasteiger partial charge in [0.1, 0.15) is 6.49 Å². The molecule has 0 unspecified atom stereocenters. The average Bonchev–Trinajstić information content (AvgIpc) is 2.32. The van der Waals surface area contributed by atoms with E-state index >= 15 is 0 Å². The molecule has 1 rings (SSSR count). The average molecular weight is 207 g/mol. The summed E-state index contributed by atoms with van der Waals surface area (Å²) in [5.74, 6) is 0. The zero-order valence-electron chi connectivity index (χ0n) is 5.86. The maximum Gasteiger partial charge on any atom is 0.132 e. The molecule has 5 N–H and O–H groups in total.